The van der Waals surface area contributed by atoms with Crippen molar-refractivity contribution in [3.63, 3.8) is 0 Å². The van der Waals surface area contributed by atoms with Gasteiger partial charge < -0.3 is 20.3 Å². The van der Waals surface area contributed by atoms with Crippen molar-refractivity contribution in [2.24, 2.45) is 0 Å². The van der Waals surface area contributed by atoms with E-state index >= 15 is 0 Å². The van der Waals surface area contributed by atoms with Crippen molar-refractivity contribution in [1.82, 2.24) is 14.9 Å². The van der Waals surface area contributed by atoms with E-state index in [0.29, 0.717) is 28.4 Å². The van der Waals surface area contributed by atoms with E-state index in [0.717, 1.165) is 48.6 Å². The van der Waals surface area contributed by atoms with Gasteiger partial charge in [-0.15, -0.1) is 0 Å². The molecule has 0 atom stereocenters. The number of hydrogen-bond donors (Lipinski definition) is 2. The molecule has 8 heteroatoms. The summed E-state index contributed by atoms with van der Waals surface area (Å²) in [5.41, 5.74) is 2.13. The van der Waals surface area contributed by atoms with Gasteiger partial charge in [-0.3, -0.25) is 0 Å². The topological polar surface area (TPSA) is 79.4 Å². The molecule has 1 aliphatic carbocycles. The van der Waals surface area contributed by atoms with E-state index in [1.807, 2.05) is 30.3 Å². The highest BCUT2D eigenvalue weighted by molar-refractivity contribution is 6.31. The van der Waals surface area contributed by atoms with Crippen molar-refractivity contribution in [2.75, 3.05) is 30.8 Å². The van der Waals surface area contributed by atoms with Gasteiger partial charge in [0.25, 0.3) is 0 Å². The fourth-order valence-electron chi connectivity index (χ4n) is 5.24. The van der Waals surface area contributed by atoms with E-state index in [1.165, 1.54) is 39.2 Å². The third kappa shape index (κ3) is 5.68. The summed E-state index contributed by atoms with van der Waals surface area (Å²) in [6.45, 7) is 2.26. The Labute approximate surface area is 211 Å². The lowest BCUT2D eigenvalue weighted by Crippen LogP contribution is -2.45. The first-order chi connectivity index (χ1) is 17.1. The molecule has 2 fully saturated rings. The Morgan fingerprint density at radius 3 is 2.46 bits per heavy atom. The molecule has 0 spiro atoms. The lowest BCUT2D eigenvalue weighted by atomic mass is 9.92. The lowest BCUT2D eigenvalue weighted by molar-refractivity contribution is 0.0601. The zero-order valence-electron chi connectivity index (χ0n) is 20.1. The molecule has 1 aliphatic heterocycles. The van der Waals surface area contributed by atoms with Gasteiger partial charge >= 0.3 is 5.97 Å². The number of ether oxygens (including phenoxy) is 1. The van der Waals surface area contributed by atoms with E-state index < -0.39 is 0 Å². The fraction of sp³-hybridized carbons (Fsp3) is 0.444. The summed E-state index contributed by atoms with van der Waals surface area (Å²) in [6, 6.07) is 13.9. The largest absolute Gasteiger partial charge is 0.465 e. The van der Waals surface area contributed by atoms with Crippen LogP contribution in [0.4, 0.5) is 17.5 Å². The van der Waals surface area contributed by atoms with Crippen LogP contribution >= 0.6 is 11.6 Å². The van der Waals surface area contributed by atoms with E-state index in [4.69, 9.17) is 26.3 Å². The Morgan fingerprint density at radius 1 is 1.00 bits per heavy atom. The van der Waals surface area contributed by atoms with Crippen LogP contribution in [-0.4, -0.2) is 53.1 Å². The van der Waals surface area contributed by atoms with Gasteiger partial charge in [0, 0.05) is 41.3 Å². The summed E-state index contributed by atoms with van der Waals surface area (Å²) in [5.74, 6) is 0.923. The van der Waals surface area contributed by atoms with Gasteiger partial charge in [0.1, 0.15) is 5.82 Å². The summed E-state index contributed by atoms with van der Waals surface area (Å²) in [4.78, 5) is 24.0. The molecule has 2 heterocycles. The van der Waals surface area contributed by atoms with Crippen molar-refractivity contribution >= 4 is 45.9 Å². The quantitative estimate of drug-likeness (QED) is 0.406. The Bertz CT molecular complexity index is 1170. The number of nitrogens with zero attached hydrogens (tertiary/aromatic N) is 3. The van der Waals surface area contributed by atoms with Gasteiger partial charge in [-0.1, -0.05) is 30.9 Å². The number of likely N-dealkylation sites (tertiary alicyclic amines) is 1. The summed E-state index contributed by atoms with van der Waals surface area (Å²) in [5, 5.41) is 8.43. The molecular weight excluding hydrogens is 462 g/mol. The predicted molar refractivity (Wildman–Crippen MR) is 141 cm³/mol. The third-order valence-electron chi connectivity index (χ3n) is 7.18. The van der Waals surface area contributed by atoms with Crippen molar-refractivity contribution in [1.29, 1.82) is 0 Å². The number of piperidine rings is 1. The first-order valence-corrected chi connectivity index (χ1v) is 12.9. The van der Waals surface area contributed by atoms with E-state index in [1.54, 1.807) is 12.1 Å². The van der Waals surface area contributed by atoms with Gasteiger partial charge in [0.2, 0.25) is 5.95 Å². The Kier molecular flexibility index (Phi) is 7.35. The molecule has 184 valence electrons. The zero-order chi connectivity index (χ0) is 24.2. The number of fused-ring (bicyclic) bond motifs is 1. The molecule has 2 aromatic carbocycles. The first-order valence-electron chi connectivity index (χ1n) is 12.5. The smallest absolute Gasteiger partial charge is 0.337 e. The molecule has 0 unspecified atom stereocenters. The summed E-state index contributed by atoms with van der Waals surface area (Å²) in [7, 11) is 1.37. The minimum atomic E-state index is -0.364. The zero-order valence-corrected chi connectivity index (χ0v) is 20.9. The van der Waals surface area contributed by atoms with Crippen molar-refractivity contribution in [2.45, 2.75) is 57.0 Å². The standard InChI is InChI=1S/C27H32ClN5O2/c1-35-26(34)18-7-10-20(11-8-18)29-25-23-17-19(28)9-12-24(23)31-27(32-25)30-21-13-15-33(16-14-21)22-5-3-2-4-6-22/h7-12,17,21-22H,2-6,13-16H2,1H3,(H2,29,30,31,32). The maximum absolute atomic E-state index is 11.8. The molecule has 2 aliphatic rings. The molecular formula is C27H32ClN5O2. The number of carbonyl (C=O) groups excluding carboxylic acids is 1. The van der Waals surface area contributed by atoms with Crippen LogP contribution in [0.2, 0.25) is 5.02 Å². The number of benzene rings is 2. The van der Waals surface area contributed by atoms with E-state index in [-0.39, 0.29) is 5.97 Å². The Balaban J connectivity index is 1.32. The lowest BCUT2D eigenvalue weighted by Gasteiger charge is -2.39. The number of aromatic nitrogens is 2. The second-order valence-electron chi connectivity index (χ2n) is 9.50. The van der Waals surface area contributed by atoms with Crippen molar-refractivity contribution < 1.29 is 9.53 Å². The van der Waals surface area contributed by atoms with E-state index in [2.05, 4.69) is 15.5 Å². The average molecular weight is 494 g/mol. The number of halogens is 1. The van der Waals surface area contributed by atoms with Crippen LogP contribution in [0.15, 0.2) is 42.5 Å². The highest BCUT2D eigenvalue weighted by Gasteiger charge is 2.26. The van der Waals surface area contributed by atoms with Crippen LogP contribution < -0.4 is 10.6 Å². The van der Waals surface area contributed by atoms with Crippen LogP contribution in [0.1, 0.15) is 55.3 Å². The number of hydrogen-bond acceptors (Lipinski definition) is 7. The van der Waals surface area contributed by atoms with Crippen LogP contribution in [0, 0.1) is 0 Å². The minimum absolute atomic E-state index is 0.354. The average Bonchev–Trinajstić information content (AvgIpc) is 2.90. The van der Waals surface area contributed by atoms with Gasteiger partial charge in [-0.2, -0.15) is 4.98 Å². The van der Waals surface area contributed by atoms with Crippen LogP contribution in [0.25, 0.3) is 10.9 Å². The second-order valence-corrected chi connectivity index (χ2v) is 9.93. The van der Waals surface area contributed by atoms with Crippen molar-refractivity contribution in [3.8, 4) is 0 Å². The van der Waals surface area contributed by atoms with Crippen molar-refractivity contribution in [3.05, 3.63) is 53.1 Å². The highest BCUT2D eigenvalue weighted by atomic mass is 35.5. The predicted octanol–water partition coefficient (Wildman–Crippen LogP) is 6.02. The fourth-order valence-corrected chi connectivity index (χ4v) is 5.41. The number of nitrogens with one attached hydrogen (secondary N) is 2. The van der Waals surface area contributed by atoms with Crippen LogP contribution in [0.5, 0.6) is 0 Å². The molecule has 3 aromatic rings. The Hall–Kier alpha value is -2.90. The normalized spacial score (nSPS) is 17.9. The molecule has 2 N–H and O–H groups in total. The third-order valence-corrected chi connectivity index (χ3v) is 7.42. The van der Waals surface area contributed by atoms with Gasteiger partial charge in [0.15, 0.2) is 0 Å². The molecule has 0 bridgehead atoms. The Morgan fingerprint density at radius 2 is 1.74 bits per heavy atom. The maximum Gasteiger partial charge on any atom is 0.337 e. The molecule has 5 rings (SSSR count). The number of rotatable bonds is 6. The van der Waals surface area contributed by atoms with Crippen LogP contribution in [-0.2, 0) is 4.74 Å². The summed E-state index contributed by atoms with van der Waals surface area (Å²) in [6.07, 6.45) is 9.03. The molecule has 35 heavy (non-hydrogen) atoms. The molecule has 0 radical (unpaired) electrons. The maximum atomic E-state index is 11.8. The second kappa shape index (κ2) is 10.8. The van der Waals surface area contributed by atoms with E-state index in [9.17, 15) is 4.79 Å². The van der Waals surface area contributed by atoms with Gasteiger partial charge in [-0.25, -0.2) is 9.78 Å². The van der Waals surface area contributed by atoms with Crippen LogP contribution in [0.3, 0.4) is 0 Å². The number of esters is 1. The molecule has 7 nitrogen and oxygen atoms in total. The number of anilines is 3. The number of carbonyl (C=O) groups is 1. The number of methoxy groups -OCH3 is 1. The van der Waals surface area contributed by atoms with Gasteiger partial charge in [-0.05, 0) is 68.1 Å². The first kappa shape index (κ1) is 23.8. The monoisotopic (exact) mass is 493 g/mol. The minimum Gasteiger partial charge on any atom is -0.465 e. The molecule has 1 saturated carbocycles. The molecule has 1 aromatic heterocycles. The SMILES string of the molecule is COC(=O)c1ccc(Nc2nc(NC3CCN(C4CCCCC4)CC3)nc3ccc(Cl)cc23)cc1. The molecule has 0 amide bonds. The van der Waals surface area contributed by atoms with Gasteiger partial charge in [0.05, 0.1) is 18.2 Å². The summed E-state index contributed by atoms with van der Waals surface area (Å²) >= 11 is 6.28. The highest BCUT2D eigenvalue weighted by Crippen LogP contribution is 2.30. The summed E-state index contributed by atoms with van der Waals surface area (Å²) < 4.78 is 4.79. The molecule has 1 saturated heterocycles.